The van der Waals surface area contributed by atoms with E-state index in [-0.39, 0.29) is 35.6 Å². The van der Waals surface area contributed by atoms with E-state index in [1.807, 2.05) is 50.2 Å². The van der Waals surface area contributed by atoms with E-state index in [1.54, 1.807) is 21.6 Å². The van der Waals surface area contributed by atoms with Crippen LogP contribution in [-0.2, 0) is 16.1 Å². The maximum Gasteiger partial charge on any atom is 0.262 e. The average Bonchev–Trinajstić information content (AvgIpc) is 2.88. The summed E-state index contributed by atoms with van der Waals surface area (Å²) in [5.41, 5.74) is 1.84. The number of hydrogen-bond donors (Lipinski definition) is 1. The molecule has 0 unspecified atom stereocenters. The molecule has 8 heteroatoms. The second kappa shape index (κ2) is 8.93. The van der Waals surface area contributed by atoms with Gasteiger partial charge in [0.2, 0.25) is 11.8 Å². The van der Waals surface area contributed by atoms with Crippen molar-refractivity contribution in [3.8, 4) is 0 Å². The molecule has 2 heterocycles. The minimum atomic E-state index is -0.279. The maximum absolute atomic E-state index is 13.3. The lowest BCUT2D eigenvalue weighted by atomic mass is 10.2. The Balaban J connectivity index is 1.64. The highest BCUT2D eigenvalue weighted by atomic mass is 32.2. The van der Waals surface area contributed by atoms with Gasteiger partial charge < -0.3 is 10.2 Å². The van der Waals surface area contributed by atoms with Gasteiger partial charge in [0, 0.05) is 19.0 Å². The van der Waals surface area contributed by atoms with Crippen molar-refractivity contribution in [3.05, 3.63) is 58.9 Å². The predicted molar refractivity (Wildman–Crippen MR) is 124 cm³/mol. The summed E-state index contributed by atoms with van der Waals surface area (Å²) < 4.78 is 1.64. The van der Waals surface area contributed by atoms with E-state index >= 15 is 0 Å². The molecule has 1 aromatic heterocycles. The highest BCUT2D eigenvalue weighted by Crippen LogP contribution is 2.32. The Morgan fingerprint density at radius 3 is 2.71 bits per heavy atom. The molecule has 4 rings (SSSR count). The van der Waals surface area contributed by atoms with Crippen LogP contribution in [0.5, 0.6) is 0 Å². The number of rotatable bonds is 5. The second-order valence-electron chi connectivity index (χ2n) is 7.54. The zero-order valence-corrected chi connectivity index (χ0v) is 18.3. The first-order chi connectivity index (χ1) is 15.0. The lowest BCUT2D eigenvalue weighted by Crippen LogP contribution is -2.40. The van der Waals surface area contributed by atoms with Crippen LogP contribution in [0.25, 0.3) is 10.9 Å². The van der Waals surface area contributed by atoms with Crippen LogP contribution in [0, 0.1) is 0 Å². The fraction of sp³-hybridized carbons (Fsp3) is 0.304. The van der Waals surface area contributed by atoms with Crippen LogP contribution in [0.4, 0.5) is 11.4 Å². The third-order valence-corrected chi connectivity index (χ3v) is 6.19. The molecule has 1 aliphatic heterocycles. The summed E-state index contributed by atoms with van der Waals surface area (Å²) in [4.78, 5) is 44.7. The van der Waals surface area contributed by atoms with Crippen LogP contribution in [0.2, 0.25) is 0 Å². The number of carbonyl (C=O) groups is 2. The highest BCUT2D eigenvalue weighted by molar-refractivity contribution is 7.99. The Bertz CT molecular complexity index is 1210. The van der Waals surface area contributed by atoms with Crippen molar-refractivity contribution < 1.29 is 9.59 Å². The van der Waals surface area contributed by atoms with Crippen LogP contribution < -0.4 is 15.8 Å². The maximum atomic E-state index is 13.3. The zero-order valence-electron chi connectivity index (χ0n) is 17.5. The molecule has 7 nitrogen and oxygen atoms in total. The molecule has 0 aliphatic carbocycles. The number of hydrogen-bond acceptors (Lipinski definition) is 5. The lowest BCUT2D eigenvalue weighted by Gasteiger charge is -2.27. The number of carbonyl (C=O) groups excluding carboxylic acids is 2. The monoisotopic (exact) mass is 436 g/mol. The van der Waals surface area contributed by atoms with E-state index < -0.39 is 0 Å². The number of fused-ring (bicyclic) bond motifs is 2. The molecular weight excluding hydrogens is 412 g/mol. The molecule has 0 saturated carbocycles. The van der Waals surface area contributed by atoms with Gasteiger partial charge in [-0.25, -0.2) is 4.98 Å². The van der Waals surface area contributed by atoms with E-state index in [4.69, 9.17) is 0 Å². The molecule has 1 N–H and O–H groups in total. The molecule has 0 fully saturated rings. The summed E-state index contributed by atoms with van der Waals surface area (Å²) in [5.74, 6) is -0.135. The SMILES string of the molecule is CCCn1c(SCC(=O)N2c3ccccc3NC(=O)C[C@H]2C)nc2ccccc2c1=O. The molecule has 0 bridgehead atoms. The number of amides is 2. The largest absolute Gasteiger partial charge is 0.324 e. The van der Waals surface area contributed by atoms with E-state index in [1.165, 1.54) is 11.8 Å². The summed E-state index contributed by atoms with van der Waals surface area (Å²) >= 11 is 1.26. The van der Waals surface area contributed by atoms with Gasteiger partial charge in [0.25, 0.3) is 5.56 Å². The normalized spacial score (nSPS) is 16.0. The Kier molecular flexibility index (Phi) is 6.08. The van der Waals surface area contributed by atoms with Gasteiger partial charge >= 0.3 is 0 Å². The van der Waals surface area contributed by atoms with Gasteiger partial charge in [0.05, 0.1) is 28.0 Å². The standard InChI is InChI=1S/C23H24N4O3S/c1-3-12-26-22(30)16-8-4-5-9-17(16)25-23(26)31-14-21(29)27-15(2)13-20(28)24-18-10-6-7-11-19(18)27/h4-11,15H,3,12-14H2,1-2H3,(H,24,28)/t15-/m1/s1. The molecule has 2 amide bonds. The van der Waals surface area contributed by atoms with Crippen LogP contribution in [0.1, 0.15) is 26.7 Å². The van der Waals surface area contributed by atoms with Crippen molar-refractivity contribution in [2.75, 3.05) is 16.0 Å². The van der Waals surface area contributed by atoms with Gasteiger partial charge in [0.15, 0.2) is 5.16 Å². The molecule has 1 aliphatic rings. The Hall–Kier alpha value is -3.13. The number of aromatic nitrogens is 2. The molecular formula is C23H24N4O3S. The Morgan fingerprint density at radius 1 is 1.16 bits per heavy atom. The Morgan fingerprint density at radius 2 is 1.90 bits per heavy atom. The topological polar surface area (TPSA) is 84.3 Å². The first kappa shape index (κ1) is 21.1. The zero-order chi connectivity index (χ0) is 22.0. The van der Waals surface area contributed by atoms with Crippen molar-refractivity contribution in [2.24, 2.45) is 0 Å². The molecule has 0 spiro atoms. The van der Waals surface area contributed by atoms with E-state index in [2.05, 4.69) is 10.3 Å². The molecule has 0 saturated heterocycles. The second-order valence-corrected chi connectivity index (χ2v) is 8.48. The minimum Gasteiger partial charge on any atom is -0.324 e. The van der Waals surface area contributed by atoms with Crippen molar-refractivity contribution >= 4 is 45.9 Å². The van der Waals surface area contributed by atoms with Crippen molar-refractivity contribution in [1.82, 2.24) is 9.55 Å². The summed E-state index contributed by atoms with van der Waals surface area (Å²) in [6.45, 7) is 4.40. The molecule has 2 aromatic carbocycles. The first-order valence-corrected chi connectivity index (χ1v) is 11.3. The third kappa shape index (κ3) is 4.20. The number of anilines is 2. The first-order valence-electron chi connectivity index (χ1n) is 10.3. The van der Waals surface area contributed by atoms with Crippen LogP contribution in [-0.4, -0.2) is 33.2 Å². The van der Waals surface area contributed by atoms with Crippen LogP contribution in [0.15, 0.2) is 58.5 Å². The quantitative estimate of drug-likeness (QED) is 0.487. The molecule has 31 heavy (non-hydrogen) atoms. The number of thioether (sulfide) groups is 1. The van der Waals surface area contributed by atoms with Crippen LogP contribution in [0.3, 0.4) is 0 Å². The van der Waals surface area contributed by atoms with Crippen molar-refractivity contribution in [3.63, 3.8) is 0 Å². The van der Waals surface area contributed by atoms with E-state index in [0.717, 1.165) is 6.42 Å². The Labute approximate surface area is 184 Å². The lowest BCUT2D eigenvalue weighted by molar-refractivity contribution is -0.117. The average molecular weight is 437 g/mol. The minimum absolute atomic E-state index is 0.0920. The highest BCUT2D eigenvalue weighted by Gasteiger charge is 2.29. The van der Waals surface area contributed by atoms with Gasteiger partial charge in [-0.2, -0.15) is 0 Å². The fourth-order valence-corrected chi connectivity index (χ4v) is 4.73. The smallest absolute Gasteiger partial charge is 0.262 e. The molecule has 160 valence electrons. The summed E-state index contributed by atoms with van der Waals surface area (Å²) in [6.07, 6.45) is 1.01. The van der Waals surface area contributed by atoms with Gasteiger partial charge in [0.1, 0.15) is 0 Å². The summed E-state index contributed by atoms with van der Waals surface area (Å²) in [6, 6.07) is 14.3. The number of benzene rings is 2. The third-order valence-electron chi connectivity index (χ3n) is 5.23. The molecule has 1 atom stereocenters. The molecule has 0 radical (unpaired) electrons. The summed E-state index contributed by atoms with van der Waals surface area (Å²) in [5, 5.41) is 3.97. The number of nitrogens with zero attached hydrogens (tertiary/aromatic N) is 3. The van der Waals surface area contributed by atoms with Gasteiger partial charge in [-0.1, -0.05) is 43.0 Å². The number of para-hydroxylation sites is 3. The van der Waals surface area contributed by atoms with Gasteiger partial charge in [-0.3, -0.25) is 19.0 Å². The van der Waals surface area contributed by atoms with E-state index in [9.17, 15) is 14.4 Å². The van der Waals surface area contributed by atoms with Gasteiger partial charge in [-0.15, -0.1) is 0 Å². The number of nitrogens with one attached hydrogen (secondary N) is 1. The fourth-order valence-electron chi connectivity index (χ4n) is 3.84. The van der Waals surface area contributed by atoms with E-state index in [0.29, 0.717) is 34.0 Å². The summed E-state index contributed by atoms with van der Waals surface area (Å²) in [7, 11) is 0. The van der Waals surface area contributed by atoms with Gasteiger partial charge in [-0.05, 0) is 37.6 Å². The van der Waals surface area contributed by atoms with Crippen molar-refractivity contribution in [1.29, 1.82) is 0 Å². The van der Waals surface area contributed by atoms with Crippen LogP contribution >= 0.6 is 11.8 Å². The predicted octanol–water partition coefficient (Wildman–Crippen LogP) is 3.66. The molecule has 3 aromatic rings. The van der Waals surface area contributed by atoms with Crippen molar-refractivity contribution in [2.45, 2.75) is 44.4 Å².